The highest BCUT2D eigenvalue weighted by Gasteiger charge is 1.69. The van der Waals surface area contributed by atoms with Crippen LogP contribution in [0.5, 0.6) is 0 Å². The quantitative estimate of drug-likeness (QED) is 0.600. The Morgan fingerprint density at radius 2 is 1.25 bits per heavy atom. The maximum Gasteiger partial charge on any atom is 0.0483 e. The summed E-state index contributed by atoms with van der Waals surface area (Å²) in [5.41, 5.74) is 1.17. The normalized spacial score (nSPS) is 7.67. The maximum absolute atomic E-state index is 8.06. The average molecular weight is 174 g/mol. The smallest absolute Gasteiger partial charge is 0.0483 e. The molecule has 0 aliphatic rings. The molecule has 12 heavy (non-hydrogen) atoms. The lowest BCUT2D eigenvalue weighted by molar-refractivity contribution is 0.216. The molecule has 1 heteroatoms. The largest absolute Gasteiger partial charge is 0.394 e. The van der Waals surface area contributed by atoms with Gasteiger partial charge in [-0.05, 0) is 27.7 Å². The molecule has 0 bridgehead atoms. The van der Waals surface area contributed by atoms with Gasteiger partial charge in [0.2, 0.25) is 0 Å². The molecule has 0 unspecified atom stereocenters. The lowest BCUT2D eigenvalue weighted by Crippen LogP contribution is -1.85. The number of unbranched alkanes of at least 4 members (excludes halogenated alkanes) is 1. The molecule has 0 heterocycles. The van der Waals surface area contributed by atoms with Gasteiger partial charge >= 0.3 is 0 Å². The predicted octanol–water partition coefficient (Wildman–Crippen LogP) is 3.78. The van der Waals surface area contributed by atoms with Gasteiger partial charge in [-0.3, -0.25) is 0 Å². The van der Waals surface area contributed by atoms with E-state index in [9.17, 15) is 0 Å². The van der Waals surface area contributed by atoms with E-state index in [0.717, 1.165) is 0 Å². The van der Waals surface area contributed by atoms with Crippen molar-refractivity contribution in [1.29, 1.82) is 0 Å². The molecule has 0 aliphatic heterocycles. The zero-order valence-electron chi connectivity index (χ0n) is 9.65. The van der Waals surface area contributed by atoms with Crippen LogP contribution in [-0.4, -0.2) is 11.2 Å². The van der Waals surface area contributed by atoms with Crippen LogP contribution in [-0.2, 0) is 0 Å². The Bertz CT molecular complexity index is 66.3. The van der Waals surface area contributed by atoms with Crippen LogP contribution in [0.2, 0.25) is 0 Å². The molecule has 0 aromatic rings. The second-order valence-corrected chi connectivity index (χ2v) is 3.30. The minimum absolute atomic E-state index is 0.167. The molecule has 0 atom stereocenters. The Hall–Kier alpha value is -0.300. The van der Waals surface area contributed by atoms with Crippen molar-refractivity contribution in [2.24, 2.45) is 0 Å². The summed E-state index contributed by atoms with van der Waals surface area (Å²) in [5.74, 6) is 0. The first kappa shape index (κ1) is 17.7. The Balaban J connectivity index is -0.000000101. The molecule has 0 radical (unpaired) electrons. The number of hydrogen-bond donors (Lipinski definition) is 1. The van der Waals surface area contributed by atoms with Gasteiger partial charge < -0.3 is 5.11 Å². The summed E-state index contributed by atoms with van der Waals surface area (Å²) >= 11 is 0. The van der Waals surface area contributed by atoms with E-state index in [1.54, 1.807) is 13.8 Å². The van der Waals surface area contributed by atoms with Crippen LogP contribution in [0.4, 0.5) is 0 Å². The summed E-state index contributed by atoms with van der Waals surface area (Å²) < 4.78 is 0. The molecule has 0 spiro atoms. The van der Waals surface area contributed by atoms with E-state index < -0.39 is 0 Å². The highest BCUT2D eigenvalue weighted by molar-refractivity contribution is 4.78. The van der Waals surface area contributed by atoms with E-state index in [-0.39, 0.29) is 6.10 Å². The monoisotopic (exact) mass is 174 g/mol. The minimum atomic E-state index is -0.167. The van der Waals surface area contributed by atoms with Gasteiger partial charge in [0.05, 0.1) is 0 Å². The van der Waals surface area contributed by atoms with Crippen LogP contribution in [0, 0.1) is 0 Å². The second-order valence-electron chi connectivity index (χ2n) is 3.30. The van der Waals surface area contributed by atoms with E-state index in [1.165, 1.54) is 18.4 Å². The first-order valence-corrected chi connectivity index (χ1v) is 4.68. The predicted molar refractivity (Wildman–Crippen MR) is 58.4 cm³/mol. The van der Waals surface area contributed by atoms with Crippen molar-refractivity contribution in [3.8, 4) is 0 Å². The van der Waals surface area contributed by atoms with Gasteiger partial charge in [0.1, 0.15) is 0 Å². The van der Waals surface area contributed by atoms with Crippen LogP contribution in [0.1, 0.15) is 54.4 Å². The molecule has 1 N–H and O–H groups in total. The molecule has 0 saturated heterocycles. The fraction of sp³-hybridized carbons (Fsp3) is 0.818. The van der Waals surface area contributed by atoms with Crippen LogP contribution >= 0.6 is 0 Å². The second kappa shape index (κ2) is 17.0. The van der Waals surface area contributed by atoms with Crippen molar-refractivity contribution in [2.45, 2.75) is 60.5 Å². The van der Waals surface area contributed by atoms with Gasteiger partial charge in [-0.15, -0.1) is 6.58 Å². The van der Waals surface area contributed by atoms with E-state index in [1.807, 2.05) is 13.8 Å². The lowest BCUT2D eigenvalue weighted by Gasteiger charge is -1.80. The summed E-state index contributed by atoms with van der Waals surface area (Å²) in [6.45, 7) is 15.3. The summed E-state index contributed by atoms with van der Waals surface area (Å²) in [7, 11) is 0. The molecule has 0 amide bonds. The Labute approximate surface area is 78.5 Å². The summed E-state index contributed by atoms with van der Waals surface area (Å²) in [5, 5.41) is 8.06. The van der Waals surface area contributed by atoms with E-state index >= 15 is 0 Å². The third-order valence-corrected chi connectivity index (χ3v) is 0.500. The zero-order valence-corrected chi connectivity index (χ0v) is 9.65. The number of allylic oxidation sites excluding steroid dienone is 1. The Morgan fingerprint density at radius 3 is 1.25 bits per heavy atom. The molecule has 0 saturated carbocycles. The van der Waals surface area contributed by atoms with Gasteiger partial charge in [0, 0.05) is 6.10 Å². The van der Waals surface area contributed by atoms with Crippen LogP contribution in [0.15, 0.2) is 12.2 Å². The number of rotatable bonds is 1. The Kier molecular flexibility index (Phi) is 25.0. The molecule has 0 aromatic heterocycles. The van der Waals surface area contributed by atoms with Gasteiger partial charge in [-0.1, -0.05) is 32.3 Å². The highest BCUT2D eigenvalue weighted by atomic mass is 16.3. The van der Waals surface area contributed by atoms with Gasteiger partial charge in [0.25, 0.3) is 0 Å². The molecule has 0 fully saturated rings. The molecule has 0 rings (SSSR count). The Morgan fingerprint density at radius 1 is 1.17 bits per heavy atom. The lowest BCUT2D eigenvalue weighted by atomic mass is 10.4. The minimum Gasteiger partial charge on any atom is -0.394 e. The molecular weight excluding hydrogens is 148 g/mol. The first-order valence-electron chi connectivity index (χ1n) is 4.68. The first-order chi connectivity index (χ1) is 5.38. The summed E-state index contributed by atoms with van der Waals surface area (Å²) in [6, 6.07) is 0. The molecule has 76 valence electrons. The van der Waals surface area contributed by atoms with Crippen molar-refractivity contribution in [1.82, 2.24) is 0 Å². The average Bonchev–Trinajstić information content (AvgIpc) is 1.85. The topological polar surface area (TPSA) is 20.2 Å². The van der Waals surface area contributed by atoms with Gasteiger partial charge in [-0.25, -0.2) is 0 Å². The third kappa shape index (κ3) is 1500. The standard InChI is InChI=1S/C4H8.C4H10.C3H8O/c1-4(2)3;1-3-4-2;1-3(2)4/h1H2,2-3H3;3-4H2,1-2H3;3-4H,1-2H3. The van der Waals surface area contributed by atoms with Crippen LogP contribution in [0.25, 0.3) is 0 Å². The molecule has 0 aromatic carbocycles. The van der Waals surface area contributed by atoms with Crippen LogP contribution < -0.4 is 0 Å². The van der Waals surface area contributed by atoms with Crippen molar-refractivity contribution >= 4 is 0 Å². The highest BCUT2D eigenvalue weighted by Crippen LogP contribution is 1.76. The van der Waals surface area contributed by atoms with Crippen molar-refractivity contribution < 1.29 is 5.11 Å². The summed E-state index contributed by atoms with van der Waals surface area (Å²) in [6.07, 6.45) is 2.47. The van der Waals surface area contributed by atoms with Gasteiger partial charge in [-0.2, -0.15) is 0 Å². The third-order valence-electron chi connectivity index (χ3n) is 0.500. The molecular formula is C11H26O. The van der Waals surface area contributed by atoms with E-state index in [0.29, 0.717) is 0 Å². The summed E-state index contributed by atoms with van der Waals surface area (Å²) in [4.78, 5) is 0. The number of hydrogen-bond acceptors (Lipinski definition) is 1. The van der Waals surface area contributed by atoms with Crippen molar-refractivity contribution in [3.63, 3.8) is 0 Å². The van der Waals surface area contributed by atoms with Crippen LogP contribution in [0.3, 0.4) is 0 Å². The number of aliphatic hydroxyl groups is 1. The zero-order chi connectivity index (χ0) is 10.6. The van der Waals surface area contributed by atoms with Crippen molar-refractivity contribution in [3.05, 3.63) is 12.2 Å². The van der Waals surface area contributed by atoms with Gasteiger partial charge in [0.15, 0.2) is 0 Å². The maximum atomic E-state index is 8.06. The molecule has 0 aliphatic carbocycles. The molecule has 1 nitrogen and oxygen atoms in total. The van der Waals surface area contributed by atoms with E-state index in [2.05, 4.69) is 20.4 Å². The fourth-order valence-corrected chi connectivity index (χ4v) is 0. The SMILES string of the molecule is C=C(C)C.CC(C)O.CCCC. The fourth-order valence-electron chi connectivity index (χ4n) is 0. The number of aliphatic hydroxyl groups excluding tert-OH is 1. The van der Waals surface area contributed by atoms with Crippen molar-refractivity contribution in [2.75, 3.05) is 0 Å². The van der Waals surface area contributed by atoms with E-state index in [4.69, 9.17) is 5.11 Å².